The number of benzene rings is 1. The van der Waals surface area contributed by atoms with Crippen LogP contribution in [-0.2, 0) is 9.59 Å². The van der Waals surface area contributed by atoms with Gasteiger partial charge in [0.1, 0.15) is 0 Å². The van der Waals surface area contributed by atoms with E-state index in [4.69, 9.17) is 0 Å². The summed E-state index contributed by atoms with van der Waals surface area (Å²) < 4.78 is 0. The third kappa shape index (κ3) is 4.89. The highest BCUT2D eigenvalue weighted by Gasteiger charge is 2.27. The van der Waals surface area contributed by atoms with Crippen LogP contribution < -0.4 is 5.32 Å². The molecule has 6 nitrogen and oxygen atoms in total. The molecule has 1 heterocycles. The Kier molecular flexibility index (Phi) is 6.09. The van der Waals surface area contributed by atoms with E-state index in [2.05, 4.69) is 5.32 Å². The lowest BCUT2D eigenvalue weighted by atomic mass is 10.1. The van der Waals surface area contributed by atoms with E-state index < -0.39 is 11.7 Å². The number of rotatable bonds is 5. The smallest absolute Gasteiger partial charge is 0.295 e. The van der Waals surface area contributed by atoms with Crippen LogP contribution in [0.2, 0.25) is 0 Å². The van der Waals surface area contributed by atoms with Gasteiger partial charge in [-0.3, -0.25) is 19.3 Å². The number of hydrogen-bond acceptors (Lipinski definition) is 4. The van der Waals surface area contributed by atoms with Gasteiger partial charge in [-0.05, 0) is 20.8 Å². The van der Waals surface area contributed by atoms with Crippen LogP contribution in [0.4, 0.5) is 0 Å². The van der Waals surface area contributed by atoms with E-state index in [-0.39, 0.29) is 11.9 Å². The number of carbonyl (C=O) groups is 3. The van der Waals surface area contributed by atoms with Gasteiger partial charge in [-0.1, -0.05) is 29.8 Å². The minimum atomic E-state index is -0.471. The molecule has 1 aromatic rings. The molecule has 1 aliphatic heterocycles. The van der Waals surface area contributed by atoms with Crippen molar-refractivity contribution in [2.75, 3.05) is 32.7 Å². The van der Waals surface area contributed by atoms with E-state index in [1.54, 1.807) is 17.0 Å². The lowest BCUT2D eigenvalue weighted by Gasteiger charge is -2.34. The molecule has 2 amide bonds. The van der Waals surface area contributed by atoms with Gasteiger partial charge in [-0.15, -0.1) is 0 Å². The summed E-state index contributed by atoms with van der Waals surface area (Å²) >= 11 is 0. The standard InChI is InChI=1S/C18H25N3O3/c1-13(2)19-16(22)12-20-8-10-21(11-9-20)18(24)17(23)15-6-4-14(3)5-7-15/h4-7,13H,8-12H2,1-3H3,(H,19,22). The summed E-state index contributed by atoms with van der Waals surface area (Å²) in [6, 6.07) is 7.13. The fraction of sp³-hybridized carbons (Fsp3) is 0.500. The predicted molar refractivity (Wildman–Crippen MR) is 91.8 cm³/mol. The predicted octanol–water partition coefficient (Wildman–Crippen LogP) is 0.847. The van der Waals surface area contributed by atoms with Crippen LogP contribution in [0.5, 0.6) is 0 Å². The first-order valence-corrected chi connectivity index (χ1v) is 8.29. The first kappa shape index (κ1) is 18.1. The van der Waals surface area contributed by atoms with Gasteiger partial charge >= 0.3 is 0 Å². The van der Waals surface area contributed by atoms with Crippen molar-refractivity contribution in [1.82, 2.24) is 15.1 Å². The Hall–Kier alpha value is -2.21. The molecule has 0 saturated carbocycles. The molecule has 1 aromatic carbocycles. The van der Waals surface area contributed by atoms with E-state index in [0.29, 0.717) is 38.3 Å². The summed E-state index contributed by atoms with van der Waals surface area (Å²) in [6.07, 6.45) is 0. The number of aryl methyl sites for hydroxylation is 1. The molecular weight excluding hydrogens is 306 g/mol. The number of amides is 2. The fourth-order valence-electron chi connectivity index (χ4n) is 2.65. The van der Waals surface area contributed by atoms with Crippen LogP contribution in [0.1, 0.15) is 29.8 Å². The summed E-state index contributed by atoms with van der Waals surface area (Å²) in [5.41, 5.74) is 1.47. The molecule has 1 N–H and O–H groups in total. The Morgan fingerprint density at radius 1 is 1.04 bits per heavy atom. The molecule has 0 aliphatic carbocycles. The van der Waals surface area contributed by atoms with Gasteiger partial charge in [0.2, 0.25) is 11.7 Å². The molecule has 2 rings (SSSR count). The Bertz CT molecular complexity index is 602. The van der Waals surface area contributed by atoms with Gasteiger partial charge < -0.3 is 10.2 Å². The summed E-state index contributed by atoms with van der Waals surface area (Å²) in [5.74, 6) is -0.952. The monoisotopic (exact) mass is 331 g/mol. The first-order valence-electron chi connectivity index (χ1n) is 8.29. The number of nitrogens with one attached hydrogen (secondary N) is 1. The van der Waals surface area contributed by atoms with Crippen molar-refractivity contribution >= 4 is 17.6 Å². The second kappa shape index (κ2) is 8.06. The van der Waals surface area contributed by atoms with Crippen LogP contribution in [0.25, 0.3) is 0 Å². The highest BCUT2D eigenvalue weighted by atomic mass is 16.2. The molecule has 0 radical (unpaired) electrons. The van der Waals surface area contributed by atoms with Gasteiger partial charge in [0.15, 0.2) is 0 Å². The molecule has 0 spiro atoms. The van der Waals surface area contributed by atoms with Crippen molar-refractivity contribution < 1.29 is 14.4 Å². The minimum Gasteiger partial charge on any atom is -0.353 e. The quantitative estimate of drug-likeness (QED) is 0.641. The zero-order chi connectivity index (χ0) is 17.7. The zero-order valence-electron chi connectivity index (χ0n) is 14.5. The maximum absolute atomic E-state index is 12.3. The van der Waals surface area contributed by atoms with E-state index in [1.807, 2.05) is 37.8 Å². The van der Waals surface area contributed by atoms with Crippen LogP contribution in [-0.4, -0.2) is 66.2 Å². The maximum Gasteiger partial charge on any atom is 0.295 e. The molecule has 1 fully saturated rings. The van der Waals surface area contributed by atoms with Crippen molar-refractivity contribution in [3.63, 3.8) is 0 Å². The SMILES string of the molecule is Cc1ccc(C(=O)C(=O)N2CCN(CC(=O)NC(C)C)CC2)cc1. The topological polar surface area (TPSA) is 69.7 Å². The third-order valence-corrected chi connectivity index (χ3v) is 3.98. The second-order valence-electron chi connectivity index (χ2n) is 6.49. The highest BCUT2D eigenvalue weighted by Crippen LogP contribution is 2.08. The van der Waals surface area contributed by atoms with Crippen molar-refractivity contribution in [2.45, 2.75) is 26.8 Å². The number of hydrogen-bond donors (Lipinski definition) is 1. The van der Waals surface area contributed by atoms with E-state index in [1.165, 1.54) is 0 Å². The summed E-state index contributed by atoms with van der Waals surface area (Å²) in [6.45, 7) is 8.22. The van der Waals surface area contributed by atoms with Gasteiger partial charge in [-0.25, -0.2) is 0 Å². The van der Waals surface area contributed by atoms with Crippen LogP contribution >= 0.6 is 0 Å². The number of piperazine rings is 1. The summed E-state index contributed by atoms with van der Waals surface area (Å²) in [4.78, 5) is 39.9. The lowest BCUT2D eigenvalue weighted by Crippen LogP contribution is -2.52. The summed E-state index contributed by atoms with van der Waals surface area (Å²) in [5, 5.41) is 2.85. The Morgan fingerprint density at radius 3 is 2.17 bits per heavy atom. The lowest BCUT2D eigenvalue weighted by molar-refractivity contribution is -0.128. The maximum atomic E-state index is 12.3. The average Bonchev–Trinajstić information content (AvgIpc) is 2.54. The number of carbonyl (C=O) groups excluding carboxylic acids is 3. The molecule has 1 saturated heterocycles. The van der Waals surface area contributed by atoms with Crippen molar-refractivity contribution in [2.24, 2.45) is 0 Å². The fourth-order valence-corrected chi connectivity index (χ4v) is 2.65. The molecule has 0 atom stereocenters. The van der Waals surface area contributed by atoms with Crippen LogP contribution in [0.3, 0.4) is 0 Å². The Morgan fingerprint density at radius 2 is 1.62 bits per heavy atom. The molecule has 0 aromatic heterocycles. The largest absolute Gasteiger partial charge is 0.353 e. The summed E-state index contributed by atoms with van der Waals surface area (Å²) in [7, 11) is 0. The zero-order valence-corrected chi connectivity index (χ0v) is 14.5. The van der Waals surface area contributed by atoms with Crippen molar-refractivity contribution in [3.8, 4) is 0 Å². The van der Waals surface area contributed by atoms with Crippen molar-refractivity contribution in [3.05, 3.63) is 35.4 Å². The normalized spacial score (nSPS) is 15.4. The van der Waals surface area contributed by atoms with E-state index in [0.717, 1.165) is 5.56 Å². The Labute approximate surface area is 142 Å². The number of ketones is 1. The highest BCUT2D eigenvalue weighted by molar-refractivity contribution is 6.42. The third-order valence-electron chi connectivity index (χ3n) is 3.98. The first-order chi connectivity index (χ1) is 11.4. The second-order valence-corrected chi connectivity index (χ2v) is 6.49. The molecule has 0 unspecified atom stereocenters. The molecule has 0 bridgehead atoms. The van der Waals surface area contributed by atoms with Gasteiger partial charge in [0.05, 0.1) is 6.54 Å². The molecule has 1 aliphatic rings. The minimum absolute atomic E-state index is 0.0134. The van der Waals surface area contributed by atoms with Gasteiger partial charge in [0.25, 0.3) is 5.91 Å². The van der Waals surface area contributed by atoms with Crippen molar-refractivity contribution in [1.29, 1.82) is 0 Å². The number of nitrogens with zero attached hydrogens (tertiary/aromatic N) is 2. The molecular formula is C18H25N3O3. The van der Waals surface area contributed by atoms with Crippen LogP contribution in [0.15, 0.2) is 24.3 Å². The number of Topliss-reactive ketones (excluding diaryl/α,β-unsaturated/α-hetero) is 1. The van der Waals surface area contributed by atoms with E-state index in [9.17, 15) is 14.4 Å². The van der Waals surface area contributed by atoms with Crippen LogP contribution in [0, 0.1) is 6.92 Å². The Balaban J connectivity index is 1.85. The molecule has 6 heteroatoms. The molecule has 130 valence electrons. The van der Waals surface area contributed by atoms with E-state index >= 15 is 0 Å². The van der Waals surface area contributed by atoms with Gasteiger partial charge in [-0.2, -0.15) is 0 Å². The molecule has 24 heavy (non-hydrogen) atoms. The van der Waals surface area contributed by atoms with Gasteiger partial charge in [0, 0.05) is 37.8 Å². The average molecular weight is 331 g/mol.